The second kappa shape index (κ2) is 3.43. The lowest BCUT2D eigenvalue weighted by Crippen LogP contribution is -2.23. The molecule has 9 heavy (non-hydrogen) atoms. The van der Waals surface area contributed by atoms with Crippen LogP contribution in [0.1, 0.15) is 6.42 Å². The molecule has 0 aromatic heterocycles. The van der Waals surface area contributed by atoms with Gasteiger partial charge in [0.15, 0.2) is 0 Å². The largest absolute Gasteiger partial charge is 0.396 e. The quantitative estimate of drug-likeness (QED) is 0.540. The van der Waals surface area contributed by atoms with Crippen LogP contribution in [0.4, 0.5) is 0 Å². The summed E-state index contributed by atoms with van der Waals surface area (Å²) in [4.78, 5) is 0. The van der Waals surface area contributed by atoms with E-state index in [0.717, 1.165) is 0 Å². The van der Waals surface area contributed by atoms with Crippen molar-refractivity contribution >= 4 is 0 Å². The van der Waals surface area contributed by atoms with E-state index in [1.807, 2.05) is 0 Å². The highest BCUT2D eigenvalue weighted by atomic mass is 16.3. The zero-order valence-electron chi connectivity index (χ0n) is 5.38. The van der Waals surface area contributed by atoms with Crippen LogP contribution in [0.3, 0.4) is 0 Å². The molecular formula is C7H12O2. The lowest BCUT2D eigenvalue weighted by Gasteiger charge is -2.17. The van der Waals surface area contributed by atoms with E-state index >= 15 is 0 Å². The topological polar surface area (TPSA) is 40.5 Å². The molecule has 0 saturated carbocycles. The summed E-state index contributed by atoms with van der Waals surface area (Å²) in [7, 11) is 0. The number of rotatable bonds is 4. The van der Waals surface area contributed by atoms with Crippen molar-refractivity contribution < 1.29 is 10.2 Å². The van der Waals surface area contributed by atoms with E-state index in [-0.39, 0.29) is 13.0 Å². The van der Waals surface area contributed by atoms with Gasteiger partial charge >= 0.3 is 0 Å². The van der Waals surface area contributed by atoms with Gasteiger partial charge in [-0.1, -0.05) is 25.3 Å². The highest BCUT2D eigenvalue weighted by Crippen LogP contribution is 2.10. The van der Waals surface area contributed by atoms with E-state index in [1.165, 1.54) is 12.2 Å². The number of aliphatic hydroxyl groups is 2. The smallest absolute Gasteiger partial charge is 0.102 e. The summed E-state index contributed by atoms with van der Waals surface area (Å²) >= 11 is 0. The zero-order valence-corrected chi connectivity index (χ0v) is 5.38. The molecule has 0 amide bonds. The average Bonchev–Trinajstić information content (AvgIpc) is 1.89. The second-order valence-electron chi connectivity index (χ2n) is 1.87. The molecule has 0 radical (unpaired) electrons. The Balaban J connectivity index is 3.91. The Morgan fingerprint density at radius 3 is 1.89 bits per heavy atom. The monoisotopic (exact) mass is 128 g/mol. The van der Waals surface area contributed by atoms with Gasteiger partial charge in [-0.05, 0) is 0 Å². The first-order valence-electron chi connectivity index (χ1n) is 2.79. The summed E-state index contributed by atoms with van der Waals surface area (Å²) in [5.41, 5.74) is -1.09. The van der Waals surface area contributed by atoms with E-state index in [0.29, 0.717) is 0 Å². The van der Waals surface area contributed by atoms with E-state index in [1.54, 1.807) is 0 Å². The Morgan fingerprint density at radius 1 is 1.33 bits per heavy atom. The molecular weight excluding hydrogens is 116 g/mol. The summed E-state index contributed by atoms with van der Waals surface area (Å²) in [5, 5.41) is 17.6. The molecule has 0 aliphatic heterocycles. The molecule has 0 saturated heterocycles. The van der Waals surface area contributed by atoms with E-state index in [4.69, 9.17) is 5.11 Å². The Hall–Kier alpha value is -0.600. The van der Waals surface area contributed by atoms with Crippen molar-refractivity contribution in [3.63, 3.8) is 0 Å². The first kappa shape index (κ1) is 8.40. The summed E-state index contributed by atoms with van der Waals surface area (Å²) in [6, 6.07) is 0. The Kier molecular flexibility index (Phi) is 3.20. The van der Waals surface area contributed by atoms with Crippen molar-refractivity contribution in [1.82, 2.24) is 0 Å². The van der Waals surface area contributed by atoms with Gasteiger partial charge in [0, 0.05) is 13.0 Å². The zero-order chi connectivity index (χ0) is 7.33. The van der Waals surface area contributed by atoms with Gasteiger partial charge in [0.25, 0.3) is 0 Å². The third kappa shape index (κ3) is 2.44. The normalized spacial score (nSPS) is 10.9. The Bertz CT molecular complexity index is 99.5. The first-order valence-corrected chi connectivity index (χ1v) is 2.79. The summed E-state index contributed by atoms with van der Waals surface area (Å²) < 4.78 is 0. The van der Waals surface area contributed by atoms with Crippen molar-refractivity contribution in [2.24, 2.45) is 0 Å². The van der Waals surface area contributed by atoms with Crippen LogP contribution in [0.5, 0.6) is 0 Å². The fourth-order valence-electron chi connectivity index (χ4n) is 0.467. The third-order valence-corrected chi connectivity index (χ3v) is 1.22. The van der Waals surface area contributed by atoms with Crippen LogP contribution >= 0.6 is 0 Å². The fraction of sp³-hybridized carbons (Fsp3) is 0.429. The summed E-state index contributed by atoms with van der Waals surface area (Å²) in [5.74, 6) is 0. The molecule has 0 aliphatic carbocycles. The molecule has 0 heterocycles. The van der Waals surface area contributed by atoms with Crippen molar-refractivity contribution in [3.05, 3.63) is 25.3 Å². The van der Waals surface area contributed by atoms with Gasteiger partial charge in [-0.2, -0.15) is 0 Å². The maximum atomic E-state index is 9.23. The third-order valence-electron chi connectivity index (χ3n) is 1.22. The first-order chi connectivity index (χ1) is 4.18. The molecule has 0 unspecified atom stereocenters. The van der Waals surface area contributed by atoms with Gasteiger partial charge in [0.1, 0.15) is 5.60 Å². The van der Waals surface area contributed by atoms with Crippen molar-refractivity contribution in [2.45, 2.75) is 12.0 Å². The van der Waals surface area contributed by atoms with Crippen LogP contribution in [-0.4, -0.2) is 22.4 Å². The van der Waals surface area contributed by atoms with Crippen LogP contribution in [0.2, 0.25) is 0 Å². The lowest BCUT2D eigenvalue weighted by atomic mass is 10.0. The van der Waals surface area contributed by atoms with Crippen LogP contribution in [-0.2, 0) is 0 Å². The highest BCUT2D eigenvalue weighted by Gasteiger charge is 2.15. The molecule has 0 bridgehead atoms. The van der Waals surface area contributed by atoms with Gasteiger partial charge in [0.05, 0.1) is 0 Å². The predicted octanol–water partition coefficient (Wildman–Crippen LogP) is 0.472. The minimum absolute atomic E-state index is 0.0610. The second-order valence-corrected chi connectivity index (χ2v) is 1.87. The van der Waals surface area contributed by atoms with E-state index in [9.17, 15) is 5.11 Å². The Morgan fingerprint density at radius 2 is 1.78 bits per heavy atom. The standard InChI is InChI=1S/C7H12O2/c1-3-7(9,4-2)5-6-8/h3-4,8-9H,1-2,5-6H2. The molecule has 0 aromatic carbocycles. The van der Waals surface area contributed by atoms with Gasteiger partial charge in [-0.3, -0.25) is 0 Å². The number of aliphatic hydroxyl groups excluding tert-OH is 1. The molecule has 2 N–H and O–H groups in total. The minimum atomic E-state index is -1.09. The maximum absolute atomic E-state index is 9.23. The van der Waals surface area contributed by atoms with Gasteiger partial charge in [-0.25, -0.2) is 0 Å². The molecule has 0 fully saturated rings. The van der Waals surface area contributed by atoms with Gasteiger partial charge in [-0.15, -0.1) is 0 Å². The van der Waals surface area contributed by atoms with E-state index < -0.39 is 5.60 Å². The molecule has 0 aromatic rings. The lowest BCUT2D eigenvalue weighted by molar-refractivity contribution is 0.106. The summed E-state index contributed by atoms with van der Waals surface area (Å²) in [6.45, 7) is 6.72. The van der Waals surface area contributed by atoms with Crippen molar-refractivity contribution in [1.29, 1.82) is 0 Å². The number of hydrogen-bond donors (Lipinski definition) is 2. The van der Waals surface area contributed by atoms with Gasteiger partial charge in [0.2, 0.25) is 0 Å². The minimum Gasteiger partial charge on any atom is -0.396 e. The van der Waals surface area contributed by atoms with Crippen LogP contribution in [0.15, 0.2) is 25.3 Å². The van der Waals surface area contributed by atoms with Crippen molar-refractivity contribution in [3.8, 4) is 0 Å². The van der Waals surface area contributed by atoms with Crippen molar-refractivity contribution in [2.75, 3.05) is 6.61 Å². The molecule has 0 spiro atoms. The summed E-state index contributed by atoms with van der Waals surface area (Å²) in [6.07, 6.45) is 2.98. The molecule has 2 heteroatoms. The SMILES string of the molecule is C=CC(O)(C=C)CCO. The fourth-order valence-corrected chi connectivity index (χ4v) is 0.467. The molecule has 2 nitrogen and oxygen atoms in total. The molecule has 0 aliphatic rings. The average molecular weight is 128 g/mol. The van der Waals surface area contributed by atoms with E-state index in [2.05, 4.69) is 13.2 Å². The highest BCUT2D eigenvalue weighted by molar-refractivity contribution is 5.07. The van der Waals surface area contributed by atoms with Crippen LogP contribution < -0.4 is 0 Å². The van der Waals surface area contributed by atoms with Crippen LogP contribution in [0, 0.1) is 0 Å². The van der Waals surface area contributed by atoms with Crippen LogP contribution in [0.25, 0.3) is 0 Å². The van der Waals surface area contributed by atoms with Gasteiger partial charge < -0.3 is 10.2 Å². The number of hydrogen-bond acceptors (Lipinski definition) is 2. The Labute approximate surface area is 55.1 Å². The predicted molar refractivity (Wildman–Crippen MR) is 37.0 cm³/mol. The molecule has 0 rings (SSSR count). The maximum Gasteiger partial charge on any atom is 0.102 e. The molecule has 0 atom stereocenters. The molecule has 52 valence electrons.